The van der Waals surface area contributed by atoms with E-state index < -0.39 is 16.0 Å². The van der Waals surface area contributed by atoms with Crippen molar-refractivity contribution in [3.05, 3.63) is 51.0 Å². The highest BCUT2D eigenvalue weighted by Crippen LogP contribution is 2.52. The topological polar surface area (TPSA) is 83.5 Å². The van der Waals surface area contributed by atoms with Gasteiger partial charge in [-0.1, -0.05) is 24.3 Å². The molecule has 7 heteroatoms. The lowest BCUT2D eigenvalue weighted by Gasteiger charge is -2.29. The van der Waals surface area contributed by atoms with E-state index in [0.29, 0.717) is 36.6 Å². The fourth-order valence-corrected chi connectivity index (χ4v) is 5.90. The molecule has 0 spiro atoms. The Morgan fingerprint density at radius 1 is 1.21 bits per heavy atom. The molecule has 3 rings (SSSR count). The zero-order valence-corrected chi connectivity index (χ0v) is 19.3. The summed E-state index contributed by atoms with van der Waals surface area (Å²) in [4.78, 5) is 10.6. The summed E-state index contributed by atoms with van der Waals surface area (Å²) < 4.78 is 28.8. The van der Waals surface area contributed by atoms with Crippen LogP contribution in [0.4, 0.5) is 0 Å². The maximum atomic E-state index is 12.4. The average Bonchev–Trinajstić information content (AvgIpc) is 3.27. The van der Waals surface area contributed by atoms with Crippen LogP contribution in [0.3, 0.4) is 0 Å². The van der Waals surface area contributed by atoms with Gasteiger partial charge in [0, 0.05) is 21.9 Å². The Kier molecular flexibility index (Phi) is 7.92. The van der Waals surface area contributed by atoms with Crippen molar-refractivity contribution in [1.29, 1.82) is 0 Å². The second-order valence-electron chi connectivity index (χ2n) is 8.04. The number of fused-ring (bicyclic) bond motifs is 2. The Bertz CT molecular complexity index is 863. The van der Waals surface area contributed by atoms with Gasteiger partial charge in [-0.25, -0.2) is 13.1 Å². The van der Waals surface area contributed by atoms with Crippen molar-refractivity contribution < 1.29 is 18.3 Å². The van der Waals surface area contributed by atoms with Crippen LogP contribution < -0.4 is 4.72 Å². The molecule has 0 heterocycles. The number of benzene rings is 1. The predicted molar refractivity (Wildman–Crippen MR) is 124 cm³/mol. The Morgan fingerprint density at radius 2 is 1.93 bits per heavy atom. The Balaban J connectivity index is 1.55. The maximum Gasteiger partial charge on any atom is 0.303 e. The molecule has 2 saturated carbocycles. The van der Waals surface area contributed by atoms with Crippen LogP contribution in [-0.4, -0.2) is 26.0 Å². The molecule has 5 nitrogen and oxygen atoms in total. The number of carbonyl (C=O) groups is 1. The van der Waals surface area contributed by atoms with E-state index in [9.17, 15) is 13.2 Å². The molecule has 1 aromatic carbocycles. The molecule has 0 radical (unpaired) electrons. The van der Waals surface area contributed by atoms with Crippen molar-refractivity contribution >= 4 is 44.7 Å². The molecule has 4 unspecified atom stereocenters. The molecule has 2 bridgehead atoms. The highest BCUT2D eigenvalue weighted by Gasteiger charge is 2.46. The summed E-state index contributed by atoms with van der Waals surface area (Å²) >= 11 is 2.22. The zero-order chi connectivity index (χ0) is 20.9. The summed E-state index contributed by atoms with van der Waals surface area (Å²) in [5, 5.41) is 9.98. The first kappa shape index (κ1) is 22.5. The van der Waals surface area contributed by atoms with Crippen molar-refractivity contribution in [1.82, 2.24) is 4.72 Å². The maximum absolute atomic E-state index is 12.4. The summed E-state index contributed by atoms with van der Waals surface area (Å²) in [7, 11) is -3.48. The van der Waals surface area contributed by atoms with Gasteiger partial charge in [0.1, 0.15) is 0 Å². The summed E-state index contributed by atoms with van der Waals surface area (Å²) in [6.07, 6.45) is 11.1. The number of nitrogens with one attached hydrogen (secondary N) is 1. The van der Waals surface area contributed by atoms with Gasteiger partial charge in [-0.2, -0.15) is 0 Å². The van der Waals surface area contributed by atoms with Crippen LogP contribution in [0.15, 0.2) is 41.8 Å². The number of carboxylic acids is 1. The lowest BCUT2D eigenvalue weighted by molar-refractivity contribution is -0.137. The summed E-state index contributed by atoms with van der Waals surface area (Å²) in [6.45, 7) is 0.463. The van der Waals surface area contributed by atoms with Crippen molar-refractivity contribution in [3.63, 3.8) is 0 Å². The minimum Gasteiger partial charge on any atom is -0.481 e. The van der Waals surface area contributed by atoms with E-state index in [-0.39, 0.29) is 6.42 Å². The van der Waals surface area contributed by atoms with Crippen molar-refractivity contribution in [2.45, 2.75) is 38.5 Å². The van der Waals surface area contributed by atoms with E-state index in [1.807, 2.05) is 24.3 Å². The molecular formula is C22H28INO4S. The summed E-state index contributed by atoms with van der Waals surface area (Å²) in [5.41, 5.74) is 0.859. The minimum atomic E-state index is -3.48. The fraction of sp³-hybridized carbons (Fsp3) is 0.500. The normalized spacial score (nSPS) is 26.7. The monoisotopic (exact) mass is 529 g/mol. The number of aliphatic carboxylic acids is 1. The van der Waals surface area contributed by atoms with Gasteiger partial charge in [0.15, 0.2) is 0 Å². The first-order valence-electron chi connectivity index (χ1n) is 10.2. The molecule has 2 aliphatic rings. The Hall–Kier alpha value is -1.19. The van der Waals surface area contributed by atoms with Crippen LogP contribution >= 0.6 is 22.6 Å². The van der Waals surface area contributed by atoms with Crippen LogP contribution in [0.25, 0.3) is 6.08 Å². The molecule has 158 valence electrons. The molecule has 2 N–H and O–H groups in total. The third kappa shape index (κ3) is 6.65. The average molecular weight is 529 g/mol. The molecule has 0 aliphatic heterocycles. The van der Waals surface area contributed by atoms with Crippen LogP contribution in [0.5, 0.6) is 0 Å². The number of allylic oxidation sites excluding steroid dienone is 2. The number of unbranched alkanes of at least 4 members (excludes halogenated alkanes) is 1. The predicted octanol–water partition coefficient (Wildman–Crippen LogP) is 4.65. The number of hydrogen-bond donors (Lipinski definition) is 2. The number of sulfonamides is 1. The van der Waals surface area contributed by atoms with Gasteiger partial charge in [0.2, 0.25) is 10.0 Å². The van der Waals surface area contributed by atoms with E-state index in [1.54, 1.807) is 6.08 Å². The molecule has 0 aromatic heterocycles. The first-order valence-corrected chi connectivity index (χ1v) is 12.8. The van der Waals surface area contributed by atoms with Crippen molar-refractivity contribution in [3.8, 4) is 0 Å². The quantitative estimate of drug-likeness (QED) is 0.263. The number of hydrogen-bond acceptors (Lipinski definition) is 3. The summed E-state index contributed by atoms with van der Waals surface area (Å²) in [5.74, 6) is 1.17. The highest BCUT2D eigenvalue weighted by molar-refractivity contribution is 14.1. The van der Waals surface area contributed by atoms with Crippen LogP contribution in [-0.2, 0) is 14.8 Å². The molecular weight excluding hydrogens is 501 g/mol. The van der Waals surface area contributed by atoms with Gasteiger partial charge in [-0.15, -0.1) is 0 Å². The molecule has 29 heavy (non-hydrogen) atoms. The molecule has 4 atom stereocenters. The van der Waals surface area contributed by atoms with Crippen molar-refractivity contribution in [2.75, 3.05) is 6.54 Å². The van der Waals surface area contributed by atoms with E-state index in [0.717, 1.165) is 15.6 Å². The van der Waals surface area contributed by atoms with Crippen LogP contribution in [0, 0.1) is 27.2 Å². The lowest BCUT2D eigenvalue weighted by atomic mass is 9.79. The van der Waals surface area contributed by atoms with E-state index in [1.165, 1.54) is 24.7 Å². The SMILES string of the molecule is O=C(O)CCC/C=C/C1C2CCC(C2)C1CNS(=O)(=O)/C=C/c1ccc(I)cc1. The van der Waals surface area contributed by atoms with Crippen LogP contribution in [0.2, 0.25) is 0 Å². The zero-order valence-electron chi connectivity index (χ0n) is 16.3. The summed E-state index contributed by atoms with van der Waals surface area (Å²) in [6, 6.07) is 7.69. The minimum absolute atomic E-state index is 0.192. The van der Waals surface area contributed by atoms with Gasteiger partial charge >= 0.3 is 5.97 Å². The van der Waals surface area contributed by atoms with Gasteiger partial charge < -0.3 is 5.11 Å². The smallest absolute Gasteiger partial charge is 0.303 e. The fourth-order valence-electron chi connectivity index (χ4n) is 4.68. The number of halogens is 1. The molecule has 2 aliphatic carbocycles. The molecule has 0 saturated heterocycles. The van der Waals surface area contributed by atoms with E-state index in [4.69, 9.17) is 5.11 Å². The largest absolute Gasteiger partial charge is 0.481 e. The van der Waals surface area contributed by atoms with Gasteiger partial charge in [-0.3, -0.25) is 4.79 Å². The van der Waals surface area contributed by atoms with Gasteiger partial charge in [0.05, 0.1) is 0 Å². The van der Waals surface area contributed by atoms with Crippen LogP contribution in [0.1, 0.15) is 44.1 Å². The Morgan fingerprint density at radius 3 is 2.66 bits per heavy atom. The third-order valence-electron chi connectivity index (χ3n) is 6.11. The number of rotatable bonds is 10. The van der Waals surface area contributed by atoms with Gasteiger partial charge in [-0.05, 0) is 102 Å². The second-order valence-corrected chi connectivity index (χ2v) is 10.9. The highest BCUT2D eigenvalue weighted by atomic mass is 127. The standard InChI is InChI=1S/C22H28INO4S/c23-19-10-6-16(7-11-19)12-13-29(27,28)24-15-21-18-9-8-17(14-18)20(21)4-2-1-3-5-22(25)26/h2,4,6-7,10-13,17-18,20-21,24H,1,3,5,8-9,14-15H2,(H,25,26)/b4-2+,13-12+. The number of carboxylic acid groups (broad SMARTS) is 1. The van der Waals surface area contributed by atoms with E-state index in [2.05, 4.69) is 39.5 Å². The Labute approximate surface area is 186 Å². The third-order valence-corrected chi connectivity index (χ3v) is 7.89. The molecule has 1 aromatic rings. The lowest BCUT2D eigenvalue weighted by Crippen LogP contribution is -2.34. The molecule has 0 amide bonds. The molecule has 2 fully saturated rings. The van der Waals surface area contributed by atoms with E-state index >= 15 is 0 Å². The second kappa shape index (κ2) is 10.2. The van der Waals surface area contributed by atoms with Crippen molar-refractivity contribution in [2.24, 2.45) is 23.7 Å². The van der Waals surface area contributed by atoms with Gasteiger partial charge in [0.25, 0.3) is 0 Å². The first-order chi connectivity index (χ1) is 13.8.